The summed E-state index contributed by atoms with van der Waals surface area (Å²) in [6, 6.07) is 13.7. The van der Waals surface area contributed by atoms with Gasteiger partial charge in [0, 0.05) is 10.8 Å². The van der Waals surface area contributed by atoms with Gasteiger partial charge in [-0.1, -0.05) is 18.2 Å². The van der Waals surface area contributed by atoms with Crippen molar-refractivity contribution in [3.05, 3.63) is 54.9 Å². The van der Waals surface area contributed by atoms with Crippen LogP contribution in [0.15, 0.2) is 63.8 Å². The maximum Gasteiger partial charge on any atom is 0.153 e. The molecule has 0 saturated carbocycles. The van der Waals surface area contributed by atoms with Crippen LogP contribution in [-0.2, 0) is 0 Å². The van der Waals surface area contributed by atoms with E-state index in [0.29, 0.717) is 0 Å². The Morgan fingerprint density at radius 2 is 1.83 bits per heavy atom. The van der Waals surface area contributed by atoms with Crippen LogP contribution in [0.5, 0.6) is 0 Å². The number of furan rings is 2. The van der Waals surface area contributed by atoms with E-state index in [1.54, 1.807) is 12.5 Å². The summed E-state index contributed by atoms with van der Waals surface area (Å²) in [6.07, 6.45) is 3.39. The molecule has 0 amide bonds. The molecule has 0 aliphatic carbocycles. The maximum atomic E-state index is 5.73. The number of aromatic nitrogens is 1. The summed E-state index contributed by atoms with van der Waals surface area (Å²) in [5, 5.41) is 2.16. The molecule has 3 heteroatoms. The van der Waals surface area contributed by atoms with Gasteiger partial charge in [-0.25, -0.2) is 4.98 Å². The summed E-state index contributed by atoms with van der Waals surface area (Å²) in [6.45, 7) is 0. The Balaban J connectivity index is 2.07. The lowest BCUT2D eigenvalue weighted by atomic mass is 10.1. The Morgan fingerprint density at radius 1 is 0.889 bits per heavy atom. The van der Waals surface area contributed by atoms with Gasteiger partial charge in [0.1, 0.15) is 11.3 Å². The van der Waals surface area contributed by atoms with E-state index in [-0.39, 0.29) is 0 Å². The number of nitrogens with zero attached hydrogens (tertiary/aromatic N) is 1. The first-order valence-corrected chi connectivity index (χ1v) is 5.73. The van der Waals surface area contributed by atoms with Crippen LogP contribution in [0.3, 0.4) is 0 Å². The fourth-order valence-electron chi connectivity index (χ4n) is 2.19. The number of fused-ring (bicyclic) bond motifs is 3. The van der Waals surface area contributed by atoms with Crippen molar-refractivity contribution in [2.75, 3.05) is 0 Å². The van der Waals surface area contributed by atoms with E-state index in [2.05, 4.69) is 4.98 Å². The van der Waals surface area contributed by atoms with Gasteiger partial charge < -0.3 is 8.83 Å². The zero-order valence-corrected chi connectivity index (χ0v) is 9.46. The maximum absolute atomic E-state index is 5.73. The third-order valence-corrected chi connectivity index (χ3v) is 3.04. The molecule has 18 heavy (non-hydrogen) atoms. The van der Waals surface area contributed by atoms with Crippen molar-refractivity contribution in [2.24, 2.45) is 0 Å². The largest absolute Gasteiger partial charge is 0.463 e. The molecule has 0 aliphatic rings. The van der Waals surface area contributed by atoms with E-state index >= 15 is 0 Å². The molecular weight excluding hydrogens is 226 g/mol. The van der Waals surface area contributed by atoms with Gasteiger partial charge in [-0.15, -0.1) is 0 Å². The van der Waals surface area contributed by atoms with Crippen LogP contribution in [-0.4, -0.2) is 4.98 Å². The lowest BCUT2D eigenvalue weighted by molar-refractivity contribution is 0.580. The first-order chi connectivity index (χ1) is 8.92. The molecule has 4 rings (SSSR count). The van der Waals surface area contributed by atoms with Gasteiger partial charge in [0.15, 0.2) is 11.3 Å². The fourth-order valence-corrected chi connectivity index (χ4v) is 2.19. The van der Waals surface area contributed by atoms with Crippen molar-refractivity contribution in [3.63, 3.8) is 0 Å². The van der Waals surface area contributed by atoms with Crippen molar-refractivity contribution in [1.29, 1.82) is 0 Å². The van der Waals surface area contributed by atoms with Crippen LogP contribution in [0, 0.1) is 0 Å². The molecule has 3 aromatic heterocycles. The normalized spacial score (nSPS) is 11.3. The average molecular weight is 235 g/mol. The Morgan fingerprint density at radius 3 is 2.72 bits per heavy atom. The second-order valence-electron chi connectivity index (χ2n) is 4.14. The Bertz CT molecular complexity index is 828. The minimum Gasteiger partial charge on any atom is -0.463 e. The van der Waals surface area contributed by atoms with Gasteiger partial charge in [-0.2, -0.15) is 0 Å². The van der Waals surface area contributed by atoms with Crippen molar-refractivity contribution < 1.29 is 8.83 Å². The fraction of sp³-hybridized carbons (Fsp3) is 0. The standard InChI is InChI=1S/C15H9NO2/c1-2-5-13-10(4-1)11-8-12(14-6-3-7-17-14)16-9-15(11)18-13/h1-9H. The van der Waals surface area contributed by atoms with E-state index < -0.39 is 0 Å². The molecule has 86 valence electrons. The third kappa shape index (κ3) is 1.27. The Hall–Kier alpha value is -2.55. The van der Waals surface area contributed by atoms with E-state index in [1.165, 1.54) is 0 Å². The highest BCUT2D eigenvalue weighted by Crippen LogP contribution is 2.30. The molecule has 0 aliphatic heterocycles. The molecule has 0 saturated heterocycles. The SMILES string of the molecule is c1coc(-c2cc3c(cn2)oc2ccccc23)c1. The summed E-state index contributed by atoms with van der Waals surface area (Å²) in [5.41, 5.74) is 2.50. The topological polar surface area (TPSA) is 39.2 Å². The zero-order valence-electron chi connectivity index (χ0n) is 9.46. The summed E-state index contributed by atoms with van der Waals surface area (Å²) in [5.74, 6) is 0.766. The molecule has 0 N–H and O–H groups in total. The van der Waals surface area contributed by atoms with Crippen LogP contribution in [0.25, 0.3) is 33.4 Å². The summed E-state index contributed by atoms with van der Waals surface area (Å²) < 4.78 is 11.1. The van der Waals surface area contributed by atoms with Gasteiger partial charge >= 0.3 is 0 Å². The second kappa shape index (κ2) is 3.47. The lowest BCUT2D eigenvalue weighted by Gasteiger charge is -1.95. The predicted molar refractivity (Wildman–Crippen MR) is 69.2 cm³/mol. The molecule has 3 heterocycles. The van der Waals surface area contributed by atoms with Crippen LogP contribution < -0.4 is 0 Å². The molecule has 3 nitrogen and oxygen atoms in total. The number of hydrogen-bond donors (Lipinski definition) is 0. The van der Waals surface area contributed by atoms with Crippen molar-refractivity contribution in [2.45, 2.75) is 0 Å². The van der Waals surface area contributed by atoms with Gasteiger partial charge in [-0.05, 0) is 24.3 Å². The van der Waals surface area contributed by atoms with Gasteiger partial charge in [0.25, 0.3) is 0 Å². The molecule has 0 atom stereocenters. The van der Waals surface area contributed by atoms with Crippen molar-refractivity contribution in [1.82, 2.24) is 4.98 Å². The van der Waals surface area contributed by atoms with Gasteiger partial charge in [0.2, 0.25) is 0 Å². The molecule has 1 aromatic carbocycles. The number of benzene rings is 1. The Kier molecular flexibility index (Phi) is 1.83. The highest BCUT2D eigenvalue weighted by atomic mass is 16.3. The average Bonchev–Trinajstić information content (AvgIpc) is 3.05. The second-order valence-corrected chi connectivity index (χ2v) is 4.14. The summed E-state index contributed by atoms with van der Waals surface area (Å²) in [4.78, 5) is 4.36. The molecule has 0 radical (unpaired) electrons. The molecule has 0 unspecified atom stereocenters. The summed E-state index contributed by atoms with van der Waals surface area (Å²) >= 11 is 0. The van der Waals surface area contributed by atoms with Crippen molar-refractivity contribution in [3.8, 4) is 11.5 Å². The smallest absolute Gasteiger partial charge is 0.153 e. The Labute approximate surface area is 103 Å². The number of hydrogen-bond acceptors (Lipinski definition) is 3. The molecule has 0 bridgehead atoms. The first-order valence-electron chi connectivity index (χ1n) is 5.73. The number of para-hydroxylation sites is 1. The number of rotatable bonds is 1. The highest BCUT2D eigenvalue weighted by molar-refractivity contribution is 6.05. The molecule has 4 aromatic rings. The van der Waals surface area contributed by atoms with Gasteiger partial charge in [-0.3, -0.25) is 0 Å². The van der Waals surface area contributed by atoms with Crippen LogP contribution in [0.2, 0.25) is 0 Å². The molecular formula is C15H9NO2. The quantitative estimate of drug-likeness (QED) is 0.495. The predicted octanol–water partition coefficient (Wildman–Crippen LogP) is 4.24. The van der Waals surface area contributed by atoms with E-state index in [0.717, 1.165) is 33.4 Å². The highest BCUT2D eigenvalue weighted by Gasteiger charge is 2.09. The third-order valence-electron chi connectivity index (χ3n) is 3.04. The lowest BCUT2D eigenvalue weighted by Crippen LogP contribution is -1.79. The van der Waals surface area contributed by atoms with Crippen LogP contribution in [0.4, 0.5) is 0 Å². The summed E-state index contributed by atoms with van der Waals surface area (Å²) in [7, 11) is 0. The minimum absolute atomic E-state index is 0.766. The van der Waals surface area contributed by atoms with Crippen molar-refractivity contribution >= 4 is 21.9 Å². The van der Waals surface area contributed by atoms with E-state index in [9.17, 15) is 0 Å². The van der Waals surface area contributed by atoms with E-state index in [1.807, 2.05) is 42.5 Å². The number of pyridine rings is 1. The zero-order chi connectivity index (χ0) is 11.9. The monoisotopic (exact) mass is 235 g/mol. The minimum atomic E-state index is 0.766. The van der Waals surface area contributed by atoms with Crippen LogP contribution in [0.1, 0.15) is 0 Å². The first kappa shape index (κ1) is 9.48. The van der Waals surface area contributed by atoms with E-state index in [4.69, 9.17) is 8.83 Å². The molecule has 0 fully saturated rings. The molecule has 0 spiro atoms. The van der Waals surface area contributed by atoms with Gasteiger partial charge in [0.05, 0.1) is 12.5 Å². The van der Waals surface area contributed by atoms with Crippen LogP contribution >= 0.6 is 0 Å².